The molecule has 21 heavy (non-hydrogen) atoms. The number of nitrogens with one attached hydrogen (secondary N) is 2. The van der Waals surface area contributed by atoms with E-state index < -0.39 is 0 Å². The van der Waals surface area contributed by atoms with Gasteiger partial charge in [-0.3, -0.25) is 4.79 Å². The van der Waals surface area contributed by atoms with E-state index in [0.29, 0.717) is 0 Å². The second-order valence-corrected chi connectivity index (χ2v) is 5.25. The number of anilines is 2. The molecule has 0 aliphatic heterocycles. The number of carbonyl (C=O) groups is 1. The van der Waals surface area contributed by atoms with Crippen LogP contribution in [0.15, 0.2) is 42.5 Å². The Kier molecular flexibility index (Phi) is 4.99. The summed E-state index contributed by atoms with van der Waals surface area (Å²) in [7, 11) is 0. The molecule has 0 unspecified atom stereocenters. The summed E-state index contributed by atoms with van der Waals surface area (Å²) in [5, 5.41) is 6.03. The molecular formula is C18H22N2O. The maximum Gasteiger partial charge on any atom is 0.243 e. The summed E-state index contributed by atoms with van der Waals surface area (Å²) in [4.78, 5) is 11.9. The maximum absolute atomic E-state index is 11.9. The minimum absolute atomic E-state index is 0.0440. The van der Waals surface area contributed by atoms with Crippen LogP contribution in [-0.2, 0) is 11.2 Å². The van der Waals surface area contributed by atoms with E-state index >= 15 is 0 Å². The third-order valence-electron chi connectivity index (χ3n) is 3.61. The third kappa shape index (κ3) is 4.35. The van der Waals surface area contributed by atoms with Crippen LogP contribution in [0.1, 0.15) is 23.6 Å². The van der Waals surface area contributed by atoms with E-state index in [4.69, 9.17) is 0 Å². The largest absolute Gasteiger partial charge is 0.376 e. The smallest absolute Gasteiger partial charge is 0.243 e. The van der Waals surface area contributed by atoms with Crippen LogP contribution in [0.5, 0.6) is 0 Å². The van der Waals surface area contributed by atoms with E-state index in [9.17, 15) is 4.79 Å². The van der Waals surface area contributed by atoms with Crippen molar-refractivity contribution in [2.45, 2.75) is 27.2 Å². The maximum atomic E-state index is 11.9. The normalized spacial score (nSPS) is 10.2. The molecule has 0 spiro atoms. The van der Waals surface area contributed by atoms with Gasteiger partial charge in [-0.25, -0.2) is 0 Å². The van der Waals surface area contributed by atoms with Gasteiger partial charge in [-0.15, -0.1) is 0 Å². The molecule has 3 heteroatoms. The average Bonchev–Trinajstić information content (AvgIpc) is 2.49. The number of aryl methyl sites for hydroxylation is 3. The fourth-order valence-corrected chi connectivity index (χ4v) is 2.06. The lowest BCUT2D eigenvalue weighted by atomic mass is 10.1. The Hall–Kier alpha value is -2.29. The highest BCUT2D eigenvalue weighted by molar-refractivity contribution is 5.93. The van der Waals surface area contributed by atoms with E-state index in [1.54, 1.807) is 0 Å². The summed E-state index contributed by atoms with van der Waals surface area (Å²) < 4.78 is 0. The van der Waals surface area contributed by atoms with Gasteiger partial charge in [-0.05, 0) is 61.2 Å². The molecule has 0 saturated carbocycles. The molecule has 1 amide bonds. The molecule has 0 heterocycles. The molecule has 0 saturated heterocycles. The van der Waals surface area contributed by atoms with Gasteiger partial charge in [0.1, 0.15) is 0 Å². The number of hydrogen-bond acceptors (Lipinski definition) is 2. The van der Waals surface area contributed by atoms with Crippen molar-refractivity contribution in [1.29, 1.82) is 0 Å². The van der Waals surface area contributed by atoms with Crippen molar-refractivity contribution < 1.29 is 4.79 Å². The molecule has 3 nitrogen and oxygen atoms in total. The van der Waals surface area contributed by atoms with Crippen LogP contribution in [0, 0.1) is 13.8 Å². The zero-order chi connectivity index (χ0) is 15.2. The van der Waals surface area contributed by atoms with E-state index in [1.807, 2.05) is 30.3 Å². The summed E-state index contributed by atoms with van der Waals surface area (Å²) in [5.41, 5.74) is 5.53. The molecule has 0 bridgehead atoms. The van der Waals surface area contributed by atoms with E-state index in [2.05, 4.69) is 43.5 Å². The third-order valence-corrected chi connectivity index (χ3v) is 3.61. The van der Waals surface area contributed by atoms with Crippen molar-refractivity contribution in [3.8, 4) is 0 Å². The molecule has 0 radical (unpaired) electrons. The van der Waals surface area contributed by atoms with Crippen molar-refractivity contribution >= 4 is 17.3 Å². The molecule has 2 aromatic carbocycles. The van der Waals surface area contributed by atoms with Crippen molar-refractivity contribution in [2.75, 3.05) is 17.2 Å². The second kappa shape index (κ2) is 6.93. The lowest BCUT2D eigenvalue weighted by Crippen LogP contribution is -2.21. The molecule has 0 fully saturated rings. The Labute approximate surface area is 126 Å². The molecule has 0 aromatic heterocycles. The van der Waals surface area contributed by atoms with Crippen LogP contribution >= 0.6 is 0 Å². The Bertz CT molecular complexity index is 618. The van der Waals surface area contributed by atoms with Crippen molar-refractivity contribution in [3.05, 3.63) is 59.2 Å². The SMILES string of the molecule is CCc1ccc(NC(=O)CNc2ccc(C)c(C)c2)cc1. The standard InChI is InChI=1S/C18H22N2O/c1-4-15-6-9-16(10-7-15)20-18(21)12-19-17-8-5-13(2)14(3)11-17/h5-11,19H,4,12H2,1-3H3,(H,20,21). The molecular weight excluding hydrogens is 260 g/mol. The molecule has 110 valence electrons. The Balaban J connectivity index is 1.87. The van der Waals surface area contributed by atoms with Gasteiger partial charge in [-0.1, -0.05) is 25.1 Å². The number of hydrogen-bond donors (Lipinski definition) is 2. The van der Waals surface area contributed by atoms with Gasteiger partial charge < -0.3 is 10.6 Å². The van der Waals surface area contributed by atoms with Gasteiger partial charge in [0.25, 0.3) is 0 Å². The number of carbonyl (C=O) groups excluding carboxylic acids is 1. The Morgan fingerprint density at radius 2 is 1.62 bits per heavy atom. The molecule has 2 N–H and O–H groups in total. The first-order chi connectivity index (χ1) is 10.1. The van der Waals surface area contributed by atoms with Crippen LogP contribution in [0.2, 0.25) is 0 Å². The fraction of sp³-hybridized carbons (Fsp3) is 0.278. The number of benzene rings is 2. The first kappa shape index (κ1) is 15.1. The van der Waals surface area contributed by atoms with Gasteiger partial charge in [0.15, 0.2) is 0 Å². The fourth-order valence-electron chi connectivity index (χ4n) is 2.06. The average molecular weight is 282 g/mol. The van der Waals surface area contributed by atoms with Crippen LogP contribution in [0.25, 0.3) is 0 Å². The highest BCUT2D eigenvalue weighted by atomic mass is 16.1. The highest BCUT2D eigenvalue weighted by Crippen LogP contribution is 2.14. The van der Waals surface area contributed by atoms with E-state index in [0.717, 1.165) is 17.8 Å². The van der Waals surface area contributed by atoms with E-state index in [-0.39, 0.29) is 12.5 Å². The van der Waals surface area contributed by atoms with Crippen LogP contribution < -0.4 is 10.6 Å². The van der Waals surface area contributed by atoms with Gasteiger partial charge in [-0.2, -0.15) is 0 Å². The number of amides is 1. The minimum Gasteiger partial charge on any atom is -0.376 e. The Morgan fingerprint density at radius 1 is 0.952 bits per heavy atom. The lowest BCUT2D eigenvalue weighted by molar-refractivity contribution is -0.114. The van der Waals surface area contributed by atoms with Crippen molar-refractivity contribution in [2.24, 2.45) is 0 Å². The van der Waals surface area contributed by atoms with Crippen LogP contribution in [0.3, 0.4) is 0 Å². The van der Waals surface area contributed by atoms with Gasteiger partial charge in [0.05, 0.1) is 6.54 Å². The minimum atomic E-state index is -0.0440. The van der Waals surface area contributed by atoms with Gasteiger partial charge in [0, 0.05) is 11.4 Å². The molecule has 0 aliphatic carbocycles. The zero-order valence-corrected chi connectivity index (χ0v) is 12.9. The van der Waals surface area contributed by atoms with Gasteiger partial charge >= 0.3 is 0 Å². The van der Waals surface area contributed by atoms with E-state index in [1.165, 1.54) is 16.7 Å². The lowest BCUT2D eigenvalue weighted by Gasteiger charge is -2.09. The van der Waals surface area contributed by atoms with Gasteiger partial charge in [0.2, 0.25) is 5.91 Å². The predicted octanol–water partition coefficient (Wildman–Crippen LogP) is 3.92. The van der Waals surface area contributed by atoms with Crippen molar-refractivity contribution in [1.82, 2.24) is 0 Å². The number of rotatable bonds is 5. The monoisotopic (exact) mass is 282 g/mol. The van der Waals surface area contributed by atoms with Crippen LogP contribution in [-0.4, -0.2) is 12.5 Å². The summed E-state index contributed by atoms with van der Waals surface area (Å²) in [6, 6.07) is 14.0. The molecule has 0 atom stereocenters. The quantitative estimate of drug-likeness (QED) is 0.872. The topological polar surface area (TPSA) is 41.1 Å². The summed E-state index contributed by atoms with van der Waals surface area (Å²) in [5.74, 6) is -0.0440. The van der Waals surface area contributed by atoms with Crippen LogP contribution in [0.4, 0.5) is 11.4 Å². The zero-order valence-electron chi connectivity index (χ0n) is 12.9. The first-order valence-corrected chi connectivity index (χ1v) is 7.28. The Morgan fingerprint density at radius 3 is 2.24 bits per heavy atom. The summed E-state index contributed by atoms with van der Waals surface area (Å²) >= 11 is 0. The second-order valence-electron chi connectivity index (χ2n) is 5.25. The first-order valence-electron chi connectivity index (χ1n) is 7.28. The van der Waals surface area contributed by atoms with Crippen molar-refractivity contribution in [3.63, 3.8) is 0 Å². The predicted molar refractivity (Wildman–Crippen MR) is 88.9 cm³/mol. The summed E-state index contributed by atoms with van der Waals surface area (Å²) in [6.07, 6.45) is 1.00. The highest BCUT2D eigenvalue weighted by Gasteiger charge is 2.03. The summed E-state index contributed by atoms with van der Waals surface area (Å²) in [6.45, 7) is 6.51. The molecule has 2 aromatic rings. The molecule has 0 aliphatic rings. The molecule has 2 rings (SSSR count).